The summed E-state index contributed by atoms with van der Waals surface area (Å²) in [6.07, 6.45) is 5.23. The van der Waals surface area contributed by atoms with E-state index in [9.17, 15) is 0 Å². The van der Waals surface area contributed by atoms with Gasteiger partial charge in [0.2, 0.25) is 0 Å². The molecule has 1 aliphatic rings. The van der Waals surface area contributed by atoms with E-state index >= 15 is 0 Å². The molecule has 1 saturated heterocycles. The minimum absolute atomic E-state index is 0.333. The molecule has 0 unspecified atom stereocenters. The Hall–Kier alpha value is -0.0800. The van der Waals surface area contributed by atoms with Crippen molar-refractivity contribution in [3.63, 3.8) is 0 Å². The van der Waals surface area contributed by atoms with E-state index in [0.717, 1.165) is 5.92 Å². The Labute approximate surface area is 88.8 Å². The van der Waals surface area contributed by atoms with Crippen molar-refractivity contribution in [2.45, 2.75) is 52.0 Å². The van der Waals surface area contributed by atoms with Gasteiger partial charge in [-0.25, -0.2) is 0 Å². The Balaban J connectivity index is 2.17. The van der Waals surface area contributed by atoms with Gasteiger partial charge in [-0.1, -0.05) is 13.3 Å². The summed E-state index contributed by atoms with van der Waals surface area (Å²) in [5.74, 6) is 0.896. The largest absolute Gasteiger partial charge is 0.317 e. The number of nitrogens with one attached hydrogen (secondary N) is 2. The highest BCUT2D eigenvalue weighted by molar-refractivity contribution is 4.79. The van der Waals surface area contributed by atoms with E-state index in [-0.39, 0.29) is 0 Å². The zero-order valence-electron chi connectivity index (χ0n) is 10.0. The molecule has 0 saturated carbocycles. The molecule has 1 fully saturated rings. The highest BCUT2D eigenvalue weighted by Crippen LogP contribution is 2.15. The maximum atomic E-state index is 3.70. The van der Waals surface area contributed by atoms with Crippen LogP contribution in [-0.4, -0.2) is 25.2 Å². The van der Waals surface area contributed by atoms with Crippen LogP contribution >= 0.6 is 0 Å². The average Bonchev–Trinajstić information content (AvgIpc) is 2.17. The summed E-state index contributed by atoms with van der Waals surface area (Å²) < 4.78 is 0. The van der Waals surface area contributed by atoms with Gasteiger partial charge < -0.3 is 10.6 Å². The minimum Gasteiger partial charge on any atom is -0.317 e. The van der Waals surface area contributed by atoms with Crippen molar-refractivity contribution < 1.29 is 0 Å². The molecule has 0 aromatic carbocycles. The van der Waals surface area contributed by atoms with E-state index in [0.29, 0.717) is 5.54 Å². The zero-order chi connectivity index (χ0) is 10.4. The molecular formula is C12H26N2. The summed E-state index contributed by atoms with van der Waals surface area (Å²) in [5, 5.41) is 7.11. The van der Waals surface area contributed by atoms with E-state index in [4.69, 9.17) is 0 Å². The normalized spacial score (nSPS) is 19.9. The SMILES string of the molecule is CCCC(C)(C)NCC1CCNCC1. The molecule has 0 spiro atoms. The summed E-state index contributed by atoms with van der Waals surface area (Å²) in [6.45, 7) is 10.5. The van der Waals surface area contributed by atoms with Crippen molar-refractivity contribution in [3.05, 3.63) is 0 Å². The standard InChI is InChI=1S/C12H26N2/c1-4-7-12(2,3)14-10-11-5-8-13-9-6-11/h11,13-14H,4-10H2,1-3H3. The monoisotopic (exact) mass is 198 g/mol. The first kappa shape index (κ1) is 12.0. The van der Waals surface area contributed by atoms with Crippen LogP contribution in [0.5, 0.6) is 0 Å². The van der Waals surface area contributed by atoms with Crippen LogP contribution in [0.4, 0.5) is 0 Å². The molecular weight excluding hydrogens is 172 g/mol. The molecule has 1 rings (SSSR count). The highest BCUT2D eigenvalue weighted by atomic mass is 15.0. The Morgan fingerprint density at radius 3 is 2.50 bits per heavy atom. The molecule has 1 aliphatic heterocycles. The van der Waals surface area contributed by atoms with E-state index in [2.05, 4.69) is 31.4 Å². The average molecular weight is 198 g/mol. The number of rotatable bonds is 5. The van der Waals surface area contributed by atoms with Gasteiger partial charge in [-0.2, -0.15) is 0 Å². The second-order valence-electron chi connectivity index (χ2n) is 5.21. The quantitative estimate of drug-likeness (QED) is 0.707. The maximum absolute atomic E-state index is 3.70. The molecule has 0 aliphatic carbocycles. The smallest absolute Gasteiger partial charge is 0.0125 e. The van der Waals surface area contributed by atoms with Crippen molar-refractivity contribution in [2.24, 2.45) is 5.92 Å². The predicted molar refractivity (Wildman–Crippen MR) is 62.6 cm³/mol. The molecule has 2 heteroatoms. The number of piperidine rings is 1. The van der Waals surface area contributed by atoms with E-state index in [1.807, 2.05) is 0 Å². The summed E-state index contributed by atoms with van der Waals surface area (Å²) in [6, 6.07) is 0. The molecule has 14 heavy (non-hydrogen) atoms. The molecule has 2 N–H and O–H groups in total. The molecule has 0 bridgehead atoms. The molecule has 2 nitrogen and oxygen atoms in total. The fourth-order valence-corrected chi connectivity index (χ4v) is 2.22. The maximum Gasteiger partial charge on any atom is 0.0125 e. The lowest BCUT2D eigenvalue weighted by Gasteiger charge is -2.30. The van der Waals surface area contributed by atoms with Crippen molar-refractivity contribution >= 4 is 0 Å². The molecule has 84 valence electrons. The van der Waals surface area contributed by atoms with Crippen LogP contribution in [0.2, 0.25) is 0 Å². The van der Waals surface area contributed by atoms with Gasteiger partial charge in [0.1, 0.15) is 0 Å². The zero-order valence-corrected chi connectivity index (χ0v) is 10.0. The Morgan fingerprint density at radius 2 is 1.93 bits per heavy atom. The van der Waals surface area contributed by atoms with E-state index in [1.165, 1.54) is 45.3 Å². The third-order valence-electron chi connectivity index (χ3n) is 3.20. The third kappa shape index (κ3) is 4.43. The van der Waals surface area contributed by atoms with Crippen molar-refractivity contribution in [3.8, 4) is 0 Å². The van der Waals surface area contributed by atoms with Crippen molar-refractivity contribution in [1.82, 2.24) is 10.6 Å². The van der Waals surface area contributed by atoms with Crippen LogP contribution < -0.4 is 10.6 Å². The van der Waals surface area contributed by atoms with E-state index < -0.39 is 0 Å². The van der Waals surface area contributed by atoms with Crippen LogP contribution in [-0.2, 0) is 0 Å². The van der Waals surface area contributed by atoms with Crippen LogP contribution in [0.15, 0.2) is 0 Å². The minimum atomic E-state index is 0.333. The Kier molecular flexibility index (Phi) is 4.90. The first-order chi connectivity index (χ1) is 6.64. The predicted octanol–water partition coefficient (Wildman–Crippen LogP) is 2.15. The number of hydrogen-bond acceptors (Lipinski definition) is 2. The summed E-state index contributed by atoms with van der Waals surface area (Å²) in [4.78, 5) is 0. The van der Waals surface area contributed by atoms with Crippen LogP contribution in [0, 0.1) is 5.92 Å². The van der Waals surface area contributed by atoms with Crippen LogP contribution in [0.25, 0.3) is 0 Å². The summed E-state index contributed by atoms with van der Waals surface area (Å²) in [7, 11) is 0. The van der Waals surface area contributed by atoms with Gasteiger partial charge in [-0.3, -0.25) is 0 Å². The van der Waals surface area contributed by atoms with E-state index in [1.54, 1.807) is 0 Å². The van der Waals surface area contributed by atoms with Crippen molar-refractivity contribution in [2.75, 3.05) is 19.6 Å². The van der Waals surface area contributed by atoms with Crippen LogP contribution in [0.3, 0.4) is 0 Å². The first-order valence-corrected chi connectivity index (χ1v) is 6.10. The van der Waals surface area contributed by atoms with Gasteiger partial charge in [-0.15, -0.1) is 0 Å². The topological polar surface area (TPSA) is 24.1 Å². The summed E-state index contributed by atoms with van der Waals surface area (Å²) >= 11 is 0. The Morgan fingerprint density at radius 1 is 1.29 bits per heavy atom. The third-order valence-corrected chi connectivity index (χ3v) is 3.20. The highest BCUT2D eigenvalue weighted by Gasteiger charge is 2.19. The fraction of sp³-hybridized carbons (Fsp3) is 1.00. The van der Waals surface area contributed by atoms with Crippen molar-refractivity contribution in [1.29, 1.82) is 0 Å². The molecule has 0 aromatic heterocycles. The molecule has 0 amide bonds. The van der Waals surface area contributed by atoms with Gasteiger partial charge in [0.05, 0.1) is 0 Å². The van der Waals surface area contributed by atoms with Crippen LogP contribution in [0.1, 0.15) is 46.5 Å². The summed E-state index contributed by atoms with van der Waals surface area (Å²) in [5.41, 5.74) is 0.333. The van der Waals surface area contributed by atoms with Gasteiger partial charge in [0.15, 0.2) is 0 Å². The fourth-order valence-electron chi connectivity index (χ4n) is 2.22. The second-order valence-corrected chi connectivity index (χ2v) is 5.21. The molecule has 1 heterocycles. The Bertz CT molecular complexity index is 148. The van der Waals surface area contributed by atoms with Gasteiger partial charge in [0.25, 0.3) is 0 Å². The lowest BCUT2D eigenvalue weighted by Crippen LogP contribution is -2.43. The number of hydrogen-bond donors (Lipinski definition) is 2. The van der Waals surface area contributed by atoms with Gasteiger partial charge in [0, 0.05) is 5.54 Å². The second kappa shape index (κ2) is 5.72. The molecule has 0 atom stereocenters. The molecule has 0 radical (unpaired) electrons. The lowest BCUT2D eigenvalue weighted by atomic mass is 9.94. The first-order valence-electron chi connectivity index (χ1n) is 6.10. The van der Waals surface area contributed by atoms with Gasteiger partial charge >= 0.3 is 0 Å². The van der Waals surface area contributed by atoms with Gasteiger partial charge in [-0.05, 0) is 58.7 Å². The molecule has 0 aromatic rings. The lowest BCUT2D eigenvalue weighted by molar-refractivity contribution is 0.290.